The van der Waals surface area contributed by atoms with E-state index < -0.39 is 10.4 Å². The Morgan fingerprint density at radius 2 is 0.571 bits per heavy atom. The van der Waals surface area contributed by atoms with E-state index in [1.165, 1.54) is 0 Å². The predicted octanol–water partition coefficient (Wildman–Crippen LogP) is -7.25. The predicted molar refractivity (Wildman–Crippen MR) is 43.1 cm³/mol. The van der Waals surface area contributed by atoms with Gasteiger partial charge in [-0.2, -0.15) is 8.42 Å². The summed E-state index contributed by atoms with van der Waals surface area (Å²) < 4.78 is 31.6. The van der Waals surface area contributed by atoms with Gasteiger partial charge >= 0.3 is 10.4 Å². The van der Waals surface area contributed by atoms with Gasteiger partial charge in [-0.05, 0) is 0 Å². The Labute approximate surface area is 112 Å². The molecule has 0 saturated carbocycles. The summed E-state index contributed by atoms with van der Waals surface area (Å²) in [7, 11) is -4.67. The Morgan fingerprint density at radius 3 is 0.571 bits per heavy atom. The molecule has 0 aliphatic carbocycles. The maximum absolute atomic E-state index is 8.74. The van der Waals surface area contributed by atoms with Crippen molar-refractivity contribution in [3.05, 3.63) is 0 Å². The third-order valence-electron chi connectivity index (χ3n) is 0. The zero-order chi connectivity index (χ0) is 4.50. The molecule has 0 fully saturated rings. The van der Waals surface area contributed by atoms with Crippen LogP contribution in [0.15, 0.2) is 0 Å². The zero-order valence-electron chi connectivity index (χ0n) is 6.62. The van der Waals surface area contributed by atoms with Crippen LogP contribution in [0.2, 0.25) is 0 Å². The summed E-state index contributed by atoms with van der Waals surface area (Å²) in [4.78, 5) is 0. The van der Waals surface area contributed by atoms with E-state index in [2.05, 4.69) is 0 Å². The van der Waals surface area contributed by atoms with Gasteiger partial charge in [0.2, 0.25) is 0 Å². The average Bonchev–Trinajstić information content (AvgIpc) is 0.722. The fourth-order valence-electron chi connectivity index (χ4n) is 0. The van der Waals surface area contributed by atoms with Gasteiger partial charge in [-0.25, -0.2) is 0 Å². The Balaban J connectivity index is -0.00000000222. The van der Waals surface area contributed by atoms with Crippen LogP contribution in [0.25, 0.3) is 0 Å². The van der Waals surface area contributed by atoms with E-state index in [0.717, 1.165) is 0 Å². The van der Waals surface area contributed by atoms with E-state index in [9.17, 15) is 0 Å². The molecule has 0 rings (SSSR count). The Hall–Kier alpha value is 0.901. The molecule has 14 heteroatoms. The van der Waals surface area contributed by atoms with E-state index in [0.29, 0.717) is 0 Å². The molecule has 0 radical (unpaired) electrons. The normalized spacial score (nSPS) is 4.14. The van der Waals surface area contributed by atoms with Crippen LogP contribution in [0.1, 0.15) is 0 Å². The van der Waals surface area contributed by atoms with Crippen molar-refractivity contribution in [3.63, 3.8) is 0 Å². The molecular formula is H18NdO12S. The summed E-state index contributed by atoms with van der Waals surface area (Å²) in [5.41, 5.74) is 0. The van der Waals surface area contributed by atoms with E-state index in [-0.39, 0.29) is 84.6 Å². The minimum Gasteiger partial charge on any atom is -0.412 e. The van der Waals surface area contributed by atoms with Gasteiger partial charge in [0.25, 0.3) is 0 Å². The molecule has 0 aliphatic heterocycles. The molecule has 0 spiro atoms. The van der Waals surface area contributed by atoms with Crippen LogP contribution < -0.4 is 0 Å². The molecule has 18 N–H and O–H groups in total. The summed E-state index contributed by atoms with van der Waals surface area (Å²) in [6.45, 7) is 0. The van der Waals surface area contributed by atoms with Crippen molar-refractivity contribution in [2.45, 2.75) is 0 Å². The van der Waals surface area contributed by atoms with Gasteiger partial charge < -0.3 is 43.8 Å². The molecule has 12 nitrogen and oxygen atoms in total. The van der Waals surface area contributed by atoms with Gasteiger partial charge in [-0.3, -0.25) is 9.11 Å². The molecule has 100 valence electrons. The second kappa shape index (κ2) is 48.6. The maximum Gasteiger partial charge on any atom is 0.394 e. The molecule has 0 aromatic rings. The monoisotopic (exact) mass is 384 g/mol. The van der Waals surface area contributed by atoms with Gasteiger partial charge in [0.1, 0.15) is 0 Å². The third kappa shape index (κ3) is 2250. The minimum atomic E-state index is -4.67. The first-order valence-corrected chi connectivity index (χ1v) is 2.10. The molecule has 0 amide bonds. The van der Waals surface area contributed by atoms with Gasteiger partial charge in [-0.15, -0.1) is 0 Å². The standard InChI is InChI=1S/Nd.H2O4S.8H2O/c;1-5(2,3)4;;;;;;;;/h;(H2,1,2,3,4);8*1H2. The molecule has 0 aliphatic rings. The minimum absolute atomic E-state index is 0. The van der Waals surface area contributed by atoms with Crippen LogP contribution in [0, 0.1) is 40.8 Å². The third-order valence-corrected chi connectivity index (χ3v) is 0. The van der Waals surface area contributed by atoms with Crippen LogP contribution in [0.3, 0.4) is 0 Å². The molecule has 0 atom stereocenters. The maximum atomic E-state index is 8.74. The Morgan fingerprint density at radius 1 is 0.571 bits per heavy atom. The Bertz CT molecular complexity index is 93.5. The van der Waals surface area contributed by atoms with Crippen LogP contribution in [-0.2, 0) is 10.4 Å². The SMILES string of the molecule is O.O.O.O.O.O.O.O.O=S(=O)(O)O.[Nd]. The molecule has 0 heterocycles. The second-order valence-corrected chi connectivity index (χ2v) is 1.34. The van der Waals surface area contributed by atoms with Crippen molar-refractivity contribution in [1.82, 2.24) is 0 Å². The molecule has 0 aromatic heterocycles. The molecule has 0 saturated heterocycles. The van der Waals surface area contributed by atoms with Crippen molar-refractivity contribution in [2.24, 2.45) is 0 Å². The smallest absolute Gasteiger partial charge is 0.394 e. The van der Waals surface area contributed by atoms with Crippen LogP contribution >= 0.6 is 0 Å². The largest absolute Gasteiger partial charge is 0.412 e. The van der Waals surface area contributed by atoms with Crippen molar-refractivity contribution >= 4 is 10.4 Å². The summed E-state index contributed by atoms with van der Waals surface area (Å²) in [5.74, 6) is 0. The fourth-order valence-corrected chi connectivity index (χ4v) is 0. The van der Waals surface area contributed by atoms with Gasteiger partial charge in [0.05, 0.1) is 0 Å². The first kappa shape index (κ1) is 120. The molecule has 0 bridgehead atoms. The molecule has 14 heavy (non-hydrogen) atoms. The zero-order valence-corrected chi connectivity index (χ0v) is 10.6. The summed E-state index contributed by atoms with van der Waals surface area (Å²) in [6.07, 6.45) is 0. The Kier molecular flexibility index (Phi) is 416. The van der Waals surface area contributed by atoms with Crippen molar-refractivity contribution in [2.75, 3.05) is 0 Å². The topological polar surface area (TPSA) is 327 Å². The van der Waals surface area contributed by atoms with E-state index in [1.54, 1.807) is 0 Å². The summed E-state index contributed by atoms with van der Waals surface area (Å²) in [6, 6.07) is 0. The quantitative estimate of drug-likeness (QED) is 0.382. The number of rotatable bonds is 0. The molecule has 0 unspecified atom stereocenters. The average molecular weight is 386 g/mol. The van der Waals surface area contributed by atoms with Crippen LogP contribution in [0.4, 0.5) is 0 Å². The van der Waals surface area contributed by atoms with E-state index in [4.69, 9.17) is 17.5 Å². The fraction of sp³-hybridized carbons (Fsp3) is 0. The summed E-state index contributed by atoms with van der Waals surface area (Å²) >= 11 is 0. The van der Waals surface area contributed by atoms with Crippen molar-refractivity contribution in [1.29, 1.82) is 0 Å². The molecular weight excluding hydrogens is 368 g/mol. The van der Waals surface area contributed by atoms with Gasteiger partial charge in [-0.1, -0.05) is 0 Å². The van der Waals surface area contributed by atoms with Gasteiger partial charge in [0, 0.05) is 40.8 Å². The van der Waals surface area contributed by atoms with Crippen molar-refractivity contribution < 1.29 is 102 Å². The molecule has 0 aromatic carbocycles. The number of hydrogen-bond acceptors (Lipinski definition) is 2. The summed E-state index contributed by atoms with van der Waals surface area (Å²) in [5, 5.41) is 0. The van der Waals surface area contributed by atoms with E-state index in [1.807, 2.05) is 0 Å². The number of hydrogen-bond donors (Lipinski definition) is 2. The second-order valence-electron chi connectivity index (χ2n) is 0.448. The van der Waals surface area contributed by atoms with Gasteiger partial charge in [0.15, 0.2) is 0 Å². The van der Waals surface area contributed by atoms with Crippen LogP contribution in [0.5, 0.6) is 0 Å². The van der Waals surface area contributed by atoms with Crippen molar-refractivity contribution in [3.8, 4) is 0 Å². The van der Waals surface area contributed by atoms with E-state index >= 15 is 0 Å². The first-order valence-electron chi connectivity index (χ1n) is 0.698. The first-order chi connectivity index (χ1) is 2.00. The van der Waals surface area contributed by atoms with Crippen LogP contribution in [-0.4, -0.2) is 61.3 Å².